The Balaban J connectivity index is 1.76. The molecule has 30 heavy (non-hydrogen) atoms. The number of aldehydes is 1. The van der Waals surface area contributed by atoms with Crippen LogP contribution in [-0.4, -0.2) is 45.0 Å². The molecule has 0 bridgehead atoms. The molecule has 156 valence electrons. The first-order valence-electron chi connectivity index (χ1n) is 9.57. The highest BCUT2D eigenvalue weighted by Crippen LogP contribution is 2.55. The van der Waals surface area contributed by atoms with E-state index in [4.69, 9.17) is 23.7 Å². The summed E-state index contributed by atoms with van der Waals surface area (Å²) in [6.45, 7) is 0.272. The van der Waals surface area contributed by atoms with Crippen molar-refractivity contribution in [2.75, 3.05) is 27.6 Å². The second kappa shape index (κ2) is 6.83. The molecule has 1 saturated heterocycles. The van der Waals surface area contributed by atoms with Crippen molar-refractivity contribution in [3.63, 3.8) is 0 Å². The van der Waals surface area contributed by atoms with Gasteiger partial charge in [-0.1, -0.05) is 0 Å². The summed E-state index contributed by atoms with van der Waals surface area (Å²) in [6, 6.07) is 7.01. The zero-order valence-corrected chi connectivity index (χ0v) is 16.4. The molecule has 8 heteroatoms. The van der Waals surface area contributed by atoms with E-state index in [0.717, 1.165) is 17.4 Å². The first-order chi connectivity index (χ1) is 14.6. The summed E-state index contributed by atoms with van der Waals surface area (Å²) in [5, 5.41) is 10.3. The summed E-state index contributed by atoms with van der Waals surface area (Å²) in [7, 11) is 2.89. The van der Waals surface area contributed by atoms with E-state index in [9.17, 15) is 14.7 Å². The van der Waals surface area contributed by atoms with Gasteiger partial charge >= 0.3 is 5.97 Å². The van der Waals surface area contributed by atoms with Gasteiger partial charge in [-0.15, -0.1) is 0 Å². The van der Waals surface area contributed by atoms with E-state index in [-0.39, 0.29) is 42.5 Å². The lowest BCUT2D eigenvalue weighted by atomic mass is 9.63. The largest absolute Gasteiger partial charge is 0.502 e. The number of ether oxygens (including phenoxy) is 5. The number of methoxy groups -OCH3 is 2. The molecule has 3 aliphatic rings. The fourth-order valence-corrected chi connectivity index (χ4v) is 4.87. The molecule has 0 spiro atoms. The number of hydrogen-bond donors (Lipinski definition) is 1. The Kier molecular flexibility index (Phi) is 4.23. The Morgan fingerprint density at radius 3 is 2.23 bits per heavy atom. The van der Waals surface area contributed by atoms with Crippen molar-refractivity contribution in [2.24, 2.45) is 11.8 Å². The van der Waals surface area contributed by atoms with Gasteiger partial charge in [-0.05, 0) is 41.0 Å². The Hall–Kier alpha value is -3.42. The summed E-state index contributed by atoms with van der Waals surface area (Å²) < 4.78 is 27.1. The molecule has 8 nitrogen and oxygen atoms in total. The van der Waals surface area contributed by atoms with Crippen LogP contribution in [0, 0.1) is 11.8 Å². The number of cyclic esters (lactones) is 1. The van der Waals surface area contributed by atoms with Gasteiger partial charge in [-0.25, -0.2) is 0 Å². The van der Waals surface area contributed by atoms with Gasteiger partial charge in [0, 0.05) is 17.8 Å². The van der Waals surface area contributed by atoms with Crippen LogP contribution in [0.5, 0.6) is 28.7 Å². The first-order valence-corrected chi connectivity index (χ1v) is 9.57. The fourth-order valence-electron chi connectivity index (χ4n) is 4.87. The SMILES string of the molecule is COc1cc([C@@H]2c3cc4c(cc3[C@@H](C=O)[C@H]3COC(=O)[C@H]23)OCO4)cc(OC)c1O. The van der Waals surface area contributed by atoms with Gasteiger partial charge in [0.2, 0.25) is 12.5 Å². The lowest BCUT2D eigenvalue weighted by Gasteiger charge is -2.37. The minimum absolute atomic E-state index is 0.102. The van der Waals surface area contributed by atoms with E-state index >= 15 is 0 Å². The molecule has 1 fully saturated rings. The standard InChI is InChI=1S/C22H20O8/c1-26-17-3-10(4-18(27-2)21(17)24)19-12-6-16-15(29-9-30-16)5-11(12)13(7-23)14-8-28-22(25)20(14)19/h3-7,13-14,19-20,24H,8-9H2,1-2H3/t13-,14-,19-,20+/m1/s1. The highest BCUT2D eigenvalue weighted by molar-refractivity contribution is 5.82. The van der Waals surface area contributed by atoms with Gasteiger partial charge < -0.3 is 33.6 Å². The molecular weight excluding hydrogens is 392 g/mol. The number of rotatable bonds is 4. The molecule has 4 atom stereocenters. The number of fused-ring (bicyclic) bond motifs is 3. The Bertz CT molecular complexity index is 1020. The van der Waals surface area contributed by atoms with E-state index in [2.05, 4.69) is 0 Å². The number of esters is 1. The van der Waals surface area contributed by atoms with Crippen LogP contribution in [0.25, 0.3) is 0 Å². The van der Waals surface area contributed by atoms with Crippen LogP contribution in [-0.2, 0) is 14.3 Å². The van der Waals surface area contributed by atoms with E-state index < -0.39 is 17.8 Å². The molecular formula is C22H20O8. The van der Waals surface area contributed by atoms with Crippen molar-refractivity contribution in [3.8, 4) is 28.7 Å². The van der Waals surface area contributed by atoms with Crippen LogP contribution in [0.3, 0.4) is 0 Å². The monoisotopic (exact) mass is 412 g/mol. The zero-order chi connectivity index (χ0) is 21.0. The van der Waals surface area contributed by atoms with Crippen LogP contribution < -0.4 is 18.9 Å². The second-order valence-corrected chi connectivity index (χ2v) is 7.57. The van der Waals surface area contributed by atoms with E-state index in [1.54, 1.807) is 12.1 Å². The van der Waals surface area contributed by atoms with Crippen LogP contribution in [0.15, 0.2) is 24.3 Å². The molecule has 0 amide bonds. The van der Waals surface area contributed by atoms with Crippen molar-refractivity contribution in [2.45, 2.75) is 11.8 Å². The topological polar surface area (TPSA) is 101 Å². The van der Waals surface area contributed by atoms with Crippen molar-refractivity contribution in [1.82, 2.24) is 0 Å². The molecule has 2 heterocycles. The van der Waals surface area contributed by atoms with Gasteiger partial charge in [0.25, 0.3) is 0 Å². The van der Waals surface area contributed by atoms with Gasteiger partial charge in [0.15, 0.2) is 23.0 Å². The van der Waals surface area contributed by atoms with Crippen molar-refractivity contribution < 1.29 is 38.4 Å². The predicted octanol–water partition coefficient (Wildman–Crippen LogP) is 2.36. The summed E-state index contributed by atoms with van der Waals surface area (Å²) in [5.41, 5.74) is 2.27. The Morgan fingerprint density at radius 2 is 1.63 bits per heavy atom. The molecule has 0 saturated carbocycles. The summed E-state index contributed by atoms with van der Waals surface area (Å²) in [6.07, 6.45) is 0.870. The van der Waals surface area contributed by atoms with E-state index in [0.29, 0.717) is 17.1 Å². The molecule has 0 aromatic heterocycles. The Labute approximate surface area is 172 Å². The minimum Gasteiger partial charge on any atom is -0.502 e. The number of phenols is 1. The average molecular weight is 412 g/mol. The van der Waals surface area contributed by atoms with Crippen LogP contribution in [0.4, 0.5) is 0 Å². The van der Waals surface area contributed by atoms with Crippen LogP contribution >= 0.6 is 0 Å². The minimum atomic E-state index is -0.563. The maximum atomic E-state index is 12.8. The lowest BCUT2D eigenvalue weighted by Crippen LogP contribution is -2.35. The number of phenolic OH excluding ortho intramolecular Hbond substituents is 1. The maximum absolute atomic E-state index is 12.8. The third-order valence-corrected chi connectivity index (χ3v) is 6.25. The summed E-state index contributed by atoms with van der Waals surface area (Å²) in [5.74, 6) is -0.690. The normalized spacial score (nSPS) is 25.9. The molecule has 0 radical (unpaired) electrons. The highest BCUT2D eigenvalue weighted by Gasteiger charge is 2.52. The Morgan fingerprint density at radius 1 is 1.00 bits per heavy atom. The number of carbonyl (C=O) groups is 2. The first kappa shape index (κ1) is 18.6. The highest BCUT2D eigenvalue weighted by atomic mass is 16.7. The average Bonchev–Trinajstić information content (AvgIpc) is 3.37. The number of hydrogen-bond acceptors (Lipinski definition) is 8. The number of benzene rings is 2. The maximum Gasteiger partial charge on any atom is 0.310 e. The molecule has 1 N–H and O–H groups in total. The fraction of sp³-hybridized carbons (Fsp3) is 0.364. The molecule has 0 unspecified atom stereocenters. The van der Waals surface area contributed by atoms with Gasteiger partial charge in [-0.2, -0.15) is 0 Å². The van der Waals surface area contributed by atoms with E-state index in [1.807, 2.05) is 12.1 Å². The number of carbonyl (C=O) groups excluding carboxylic acids is 2. The van der Waals surface area contributed by atoms with Gasteiger partial charge in [-0.3, -0.25) is 4.79 Å². The number of aromatic hydroxyl groups is 1. The van der Waals surface area contributed by atoms with Crippen LogP contribution in [0.2, 0.25) is 0 Å². The predicted molar refractivity (Wildman–Crippen MR) is 102 cm³/mol. The molecule has 2 aliphatic heterocycles. The van der Waals surface area contributed by atoms with Gasteiger partial charge in [0.1, 0.15) is 6.29 Å². The van der Waals surface area contributed by atoms with E-state index in [1.165, 1.54) is 14.2 Å². The van der Waals surface area contributed by atoms with Crippen LogP contribution in [0.1, 0.15) is 28.5 Å². The third kappa shape index (κ3) is 2.52. The molecule has 2 aromatic carbocycles. The zero-order valence-electron chi connectivity index (χ0n) is 16.4. The molecule has 5 rings (SSSR count). The van der Waals surface area contributed by atoms with Crippen molar-refractivity contribution in [3.05, 3.63) is 41.0 Å². The summed E-state index contributed by atoms with van der Waals surface area (Å²) in [4.78, 5) is 24.8. The molecule has 1 aliphatic carbocycles. The smallest absolute Gasteiger partial charge is 0.310 e. The lowest BCUT2D eigenvalue weighted by molar-refractivity contribution is -0.141. The van der Waals surface area contributed by atoms with Crippen molar-refractivity contribution in [1.29, 1.82) is 0 Å². The quantitative estimate of drug-likeness (QED) is 0.603. The summed E-state index contributed by atoms with van der Waals surface area (Å²) >= 11 is 0. The molecule has 2 aromatic rings. The van der Waals surface area contributed by atoms with Crippen molar-refractivity contribution >= 4 is 12.3 Å². The third-order valence-electron chi connectivity index (χ3n) is 6.25. The second-order valence-electron chi connectivity index (χ2n) is 7.57. The van der Waals surface area contributed by atoms with Gasteiger partial charge in [0.05, 0.1) is 26.7 Å².